The van der Waals surface area contributed by atoms with E-state index in [0.717, 1.165) is 12.1 Å². The molecule has 1 aliphatic rings. The summed E-state index contributed by atoms with van der Waals surface area (Å²) in [7, 11) is -2.54. The number of sulfonamides is 1. The molecule has 2 aromatic rings. The topological polar surface area (TPSA) is 105 Å². The first kappa shape index (κ1) is 20.5. The average Bonchev–Trinajstić information content (AvgIpc) is 2.62. The Morgan fingerprint density at radius 2 is 1.96 bits per heavy atom. The van der Waals surface area contributed by atoms with E-state index < -0.39 is 27.9 Å². The molecule has 0 atom stereocenters. The van der Waals surface area contributed by atoms with Gasteiger partial charge in [0.15, 0.2) is 0 Å². The fraction of sp³-hybridized carbons (Fsp3) is 0.278. The van der Waals surface area contributed by atoms with E-state index in [1.54, 1.807) is 0 Å². The molecule has 28 heavy (non-hydrogen) atoms. The minimum absolute atomic E-state index is 0.00120. The molecule has 1 saturated carbocycles. The third-order valence-corrected chi connectivity index (χ3v) is 6.17. The summed E-state index contributed by atoms with van der Waals surface area (Å²) in [6, 6.07) is 7.00. The summed E-state index contributed by atoms with van der Waals surface area (Å²) in [6.45, 7) is 0. The van der Waals surface area contributed by atoms with Gasteiger partial charge in [-0.25, -0.2) is 17.5 Å². The third kappa shape index (κ3) is 4.44. The van der Waals surface area contributed by atoms with Crippen LogP contribution in [0.3, 0.4) is 0 Å². The zero-order valence-electron chi connectivity index (χ0n) is 14.8. The number of nitrogens with one attached hydrogen (secondary N) is 2. The van der Waals surface area contributed by atoms with Gasteiger partial charge in [0.1, 0.15) is 11.6 Å². The number of aliphatic hydroxyl groups excluding tert-OH is 1. The number of methoxy groups -OCH3 is 1. The van der Waals surface area contributed by atoms with Crippen LogP contribution in [0.4, 0.5) is 10.1 Å². The van der Waals surface area contributed by atoms with E-state index in [-0.39, 0.29) is 33.0 Å². The van der Waals surface area contributed by atoms with Crippen LogP contribution in [0.15, 0.2) is 41.3 Å². The molecular weight excluding hydrogens is 411 g/mol. The van der Waals surface area contributed by atoms with E-state index >= 15 is 0 Å². The van der Waals surface area contributed by atoms with Crippen LogP contribution in [-0.2, 0) is 10.0 Å². The lowest BCUT2D eigenvalue weighted by Gasteiger charge is -2.31. The predicted molar refractivity (Wildman–Crippen MR) is 102 cm³/mol. The number of carbonyl (C=O) groups excluding carboxylic acids is 1. The molecule has 0 saturated heterocycles. The number of hydrogen-bond acceptors (Lipinski definition) is 5. The molecular formula is C18H18ClFN2O5S. The molecule has 0 heterocycles. The zero-order valence-corrected chi connectivity index (χ0v) is 16.3. The Hall–Kier alpha value is -2.20. The third-order valence-electron chi connectivity index (χ3n) is 4.34. The second kappa shape index (κ2) is 8.04. The number of amides is 1. The van der Waals surface area contributed by atoms with Crippen molar-refractivity contribution in [2.75, 3.05) is 12.4 Å². The van der Waals surface area contributed by atoms with E-state index in [0.29, 0.717) is 12.8 Å². The van der Waals surface area contributed by atoms with Crippen LogP contribution in [0.5, 0.6) is 5.75 Å². The molecule has 0 radical (unpaired) electrons. The van der Waals surface area contributed by atoms with Gasteiger partial charge in [-0.3, -0.25) is 4.79 Å². The Kier molecular flexibility index (Phi) is 5.90. The van der Waals surface area contributed by atoms with Crippen LogP contribution in [-0.4, -0.2) is 38.7 Å². The first-order chi connectivity index (χ1) is 13.2. The lowest BCUT2D eigenvalue weighted by atomic mass is 9.91. The molecule has 150 valence electrons. The van der Waals surface area contributed by atoms with Crippen molar-refractivity contribution in [2.45, 2.75) is 29.9 Å². The molecule has 10 heteroatoms. The molecule has 1 amide bonds. The molecule has 1 aliphatic carbocycles. The van der Waals surface area contributed by atoms with Gasteiger partial charge in [-0.2, -0.15) is 0 Å². The van der Waals surface area contributed by atoms with E-state index in [4.69, 9.17) is 16.3 Å². The quantitative estimate of drug-likeness (QED) is 0.655. The highest BCUT2D eigenvalue weighted by Gasteiger charge is 2.31. The van der Waals surface area contributed by atoms with Gasteiger partial charge in [0.2, 0.25) is 10.0 Å². The highest BCUT2D eigenvalue weighted by Crippen LogP contribution is 2.28. The van der Waals surface area contributed by atoms with Crippen molar-refractivity contribution in [1.29, 1.82) is 0 Å². The van der Waals surface area contributed by atoms with Crippen molar-refractivity contribution >= 4 is 33.2 Å². The van der Waals surface area contributed by atoms with Gasteiger partial charge in [-0.15, -0.1) is 0 Å². The summed E-state index contributed by atoms with van der Waals surface area (Å²) in [4.78, 5) is 12.5. The maximum atomic E-state index is 13.2. The summed E-state index contributed by atoms with van der Waals surface area (Å²) in [5.74, 6) is -1.06. The van der Waals surface area contributed by atoms with Crippen molar-refractivity contribution in [3.05, 3.63) is 52.8 Å². The van der Waals surface area contributed by atoms with Crippen LogP contribution in [0.25, 0.3) is 0 Å². The predicted octanol–water partition coefficient (Wildman–Crippen LogP) is 2.54. The standard InChI is InChI=1S/C18H18ClFN2O5S/c1-27-17-5-3-13(28(25,26)22-11-7-12(23)8-11)9-14(17)18(24)21-16-4-2-10(20)6-15(16)19/h2-6,9,11-12,22-23H,7-8H2,1H3,(H,21,24). The largest absolute Gasteiger partial charge is 0.496 e. The highest BCUT2D eigenvalue weighted by molar-refractivity contribution is 7.89. The van der Waals surface area contributed by atoms with Crippen LogP contribution in [0.1, 0.15) is 23.2 Å². The van der Waals surface area contributed by atoms with Crippen LogP contribution < -0.4 is 14.8 Å². The second-order valence-corrected chi connectivity index (χ2v) is 8.51. The van der Waals surface area contributed by atoms with Crippen molar-refractivity contribution in [1.82, 2.24) is 4.72 Å². The monoisotopic (exact) mass is 428 g/mol. The lowest BCUT2D eigenvalue weighted by Crippen LogP contribution is -2.46. The average molecular weight is 429 g/mol. The zero-order chi connectivity index (χ0) is 20.5. The maximum Gasteiger partial charge on any atom is 0.259 e. The minimum atomic E-state index is -3.88. The second-order valence-electron chi connectivity index (χ2n) is 6.38. The van der Waals surface area contributed by atoms with Gasteiger partial charge >= 0.3 is 0 Å². The van der Waals surface area contributed by atoms with Crippen LogP contribution >= 0.6 is 11.6 Å². The summed E-state index contributed by atoms with van der Waals surface area (Å²) >= 11 is 5.92. The minimum Gasteiger partial charge on any atom is -0.496 e. The SMILES string of the molecule is COc1ccc(S(=O)(=O)NC2CC(O)C2)cc1C(=O)Nc1ccc(F)cc1Cl. The molecule has 3 rings (SSSR count). The van der Waals surface area contributed by atoms with E-state index in [1.165, 1.54) is 31.4 Å². The van der Waals surface area contributed by atoms with Gasteiger partial charge in [0.05, 0.1) is 34.4 Å². The highest BCUT2D eigenvalue weighted by atomic mass is 35.5. The normalized spacial score (nSPS) is 19.0. The van der Waals surface area contributed by atoms with Gasteiger partial charge in [0, 0.05) is 6.04 Å². The summed E-state index contributed by atoms with van der Waals surface area (Å²) in [6.07, 6.45) is 0.169. The number of rotatable bonds is 6. The van der Waals surface area contributed by atoms with Crippen molar-refractivity contribution in [3.63, 3.8) is 0 Å². The summed E-state index contributed by atoms with van der Waals surface area (Å²) < 4.78 is 45.9. The lowest BCUT2D eigenvalue weighted by molar-refractivity contribution is 0.0712. The number of benzene rings is 2. The Bertz CT molecular complexity index is 1010. The molecule has 1 fully saturated rings. The number of ether oxygens (including phenoxy) is 1. The molecule has 2 aromatic carbocycles. The molecule has 0 bridgehead atoms. The molecule has 0 spiro atoms. The Morgan fingerprint density at radius 3 is 2.57 bits per heavy atom. The number of hydrogen-bond donors (Lipinski definition) is 3. The van der Waals surface area contributed by atoms with Gasteiger partial charge in [-0.1, -0.05) is 11.6 Å². The number of carbonyl (C=O) groups is 1. The molecule has 3 N–H and O–H groups in total. The van der Waals surface area contributed by atoms with Crippen molar-refractivity contribution in [2.24, 2.45) is 0 Å². The smallest absolute Gasteiger partial charge is 0.259 e. The van der Waals surface area contributed by atoms with Gasteiger partial charge < -0.3 is 15.2 Å². The first-order valence-corrected chi connectivity index (χ1v) is 10.2. The summed E-state index contributed by atoms with van der Waals surface area (Å²) in [5, 5.41) is 11.8. The Morgan fingerprint density at radius 1 is 1.25 bits per heavy atom. The van der Waals surface area contributed by atoms with Gasteiger partial charge in [-0.05, 0) is 49.2 Å². The fourth-order valence-corrected chi connectivity index (χ4v) is 4.29. The van der Waals surface area contributed by atoms with Crippen LogP contribution in [0, 0.1) is 5.82 Å². The van der Waals surface area contributed by atoms with E-state index in [1.807, 2.05) is 0 Å². The number of anilines is 1. The Balaban J connectivity index is 1.87. The fourth-order valence-electron chi connectivity index (χ4n) is 2.78. The maximum absolute atomic E-state index is 13.2. The first-order valence-electron chi connectivity index (χ1n) is 8.34. The van der Waals surface area contributed by atoms with E-state index in [2.05, 4.69) is 10.0 Å². The van der Waals surface area contributed by atoms with E-state index in [9.17, 15) is 22.7 Å². The van der Waals surface area contributed by atoms with Gasteiger partial charge in [0.25, 0.3) is 5.91 Å². The van der Waals surface area contributed by atoms with Crippen molar-refractivity contribution in [3.8, 4) is 5.75 Å². The molecule has 0 aliphatic heterocycles. The van der Waals surface area contributed by atoms with Crippen molar-refractivity contribution < 1.29 is 27.4 Å². The molecule has 0 aromatic heterocycles. The summed E-state index contributed by atoms with van der Waals surface area (Å²) in [5.41, 5.74) is 0.143. The molecule has 0 unspecified atom stereocenters. The number of halogens is 2. The number of aliphatic hydroxyl groups is 1. The van der Waals surface area contributed by atoms with Crippen LogP contribution in [0.2, 0.25) is 5.02 Å². The molecule has 7 nitrogen and oxygen atoms in total. The Labute approximate surface area is 166 Å².